The number of halogens is 1. The summed E-state index contributed by atoms with van der Waals surface area (Å²) in [5, 5.41) is 0. The molecule has 2 fully saturated rings. The lowest BCUT2D eigenvalue weighted by Gasteiger charge is -2.26. The van der Waals surface area contributed by atoms with Crippen LogP contribution in [0.4, 0.5) is 4.39 Å². The van der Waals surface area contributed by atoms with Gasteiger partial charge >= 0.3 is 0 Å². The molecule has 1 heterocycles. The first kappa shape index (κ1) is 11.2. The zero-order chi connectivity index (χ0) is 11.7. The number of hydrogen-bond donors (Lipinski definition) is 0. The topological polar surface area (TPSA) is 12.5 Å². The van der Waals surface area contributed by atoms with Crippen LogP contribution in [0.1, 0.15) is 29.9 Å². The third-order valence-electron chi connectivity index (χ3n) is 3.59. The van der Waals surface area contributed by atoms with Crippen LogP contribution in [0.5, 0.6) is 0 Å². The molecule has 0 atom stereocenters. The number of hydrogen-bond acceptors (Lipinski definition) is 2. The monoisotopic (exact) mass is 235 g/mol. The van der Waals surface area contributed by atoms with E-state index in [2.05, 4.69) is 11.0 Å². The van der Waals surface area contributed by atoms with Crippen LogP contribution < -0.4 is 0 Å². The quantitative estimate of drug-likeness (QED) is 0.798. The van der Waals surface area contributed by atoms with Gasteiger partial charge in [0.1, 0.15) is 5.82 Å². The van der Waals surface area contributed by atoms with Crippen molar-refractivity contribution in [3.05, 3.63) is 35.1 Å². The van der Waals surface area contributed by atoms with E-state index in [9.17, 15) is 4.39 Å². The third-order valence-corrected chi connectivity index (χ3v) is 3.59. The van der Waals surface area contributed by atoms with Crippen LogP contribution in [0.3, 0.4) is 0 Å². The molecule has 1 aliphatic carbocycles. The van der Waals surface area contributed by atoms with Gasteiger partial charge in [-0.1, -0.05) is 12.1 Å². The summed E-state index contributed by atoms with van der Waals surface area (Å²) in [6.07, 6.45) is 2.31. The Kier molecular flexibility index (Phi) is 3.12. The Bertz CT molecular complexity index is 397. The van der Waals surface area contributed by atoms with Crippen LogP contribution >= 0.6 is 0 Å². The second-order valence-electron chi connectivity index (χ2n) is 5.02. The third kappa shape index (κ3) is 2.67. The van der Waals surface area contributed by atoms with Gasteiger partial charge in [-0.3, -0.25) is 4.90 Å². The van der Waals surface area contributed by atoms with Crippen LogP contribution in [0.2, 0.25) is 0 Å². The second-order valence-corrected chi connectivity index (χ2v) is 5.02. The highest BCUT2D eigenvalue weighted by Gasteiger charge is 2.26. The van der Waals surface area contributed by atoms with Gasteiger partial charge in [0, 0.05) is 19.6 Å². The van der Waals surface area contributed by atoms with Crippen LogP contribution in [-0.2, 0) is 11.3 Å². The minimum Gasteiger partial charge on any atom is -0.379 e. The summed E-state index contributed by atoms with van der Waals surface area (Å²) in [7, 11) is 0. The van der Waals surface area contributed by atoms with E-state index in [0.717, 1.165) is 56.8 Å². The van der Waals surface area contributed by atoms with Crippen LogP contribution in [-0.4, -0.2) is 31.2 Å². The molecule has 3 rings (SSSR count). The van der Waals surface area contributed by atoms with E-state index < -0.39 is 0 Å². The first-order valence-electron chi connectivity index (χ1n) is 6.41. The summed E-state index contributed by atoms with van der Waals surface area (Å²) in [4.78, 5) is 2.31. The van der Waals surface area contributed by atoms with Crippen molar-refractivity contribution in [3.8, 4) is 0 Å². The molecule has 3 heteroatoms. The molecule has 1 saturated carbocycles. The molecule has 0 aromatic heterocycles. The van der Waals surface area contributed by atoms with Crippen molar-refractivity contribution in [1.29, 1.82) is 0 Å². The van der Waals surface area contributed by atoms with Gasteiger partial charge in [-0.05, 0) is 36.0 Å². The summed E-state index contributed by atoms with van der Waals surface area (Å²) >= 11 is 0. The van der Waals surface area contributed by atoms with E-state index in [1.807, 2.05) is 6.07 Å². The fraction of sp³-hybridized carbons (Fsp3) is 0.571. The smallest absolute Gasteiger partial charge is 0.127 e. The molecule has 0 amide bonds. The van der Waals surface area contributed by atoms with E-state index in [0.29, 0.717) is 5.92 Å². The molecule has 92 valence electrons. The number of rotatable bonds is 3. The Hall–Kier alpha value is -0.930. The van der Waals surface area contributed by atoms with E-state index in [-0.39, 0.29) is 5.82 Å². The van der Waals surface area contributed by atoms with Crippen molar-refractivity contribution in [2.45, 2.75) is 25.3 Å². The molecular weight excluding hydrogens is 217 g/mol. The van der Waals surface area contributed by atoms with E-state index in [1.165, 1.54) is 0 Å². The molecular formula is C14H18FNO. The van der Waals surface area contributed by atoms with Gasteiger partial charge in [-0.15, -0.1) is 0 Å². The van der Waals surface area contributed by atoms with Gasteiger partial charge in [0.05, 0.1) is 13.2 Å². The molecule has 0 unspecified atom stereocenters. The first-order chi connectivity index (χ1) is 8.33. The predicted octanol–water partition coefficient (Wildman–Crippen LogP) is 2.54. The average molecular weight is 235 g/mol. The maximum absolute atomic E-state index is 13.9. The van der Waals surface area contributed by atoms with E-state index in [1.54, 1.807) is 6.07 Å². The molecule has 0 radical (unpaired) electrons. The van der Waals surface area contributed by atoms with Gasteiger partial charge in [-0.2, -0.15) is 0 Å². The summed E-state index contributed by atoms with van der Waals surface area (Å²) in [5.74, 6) is 0.477. The van der Waals surface area contributed by atoms with Crippen molar-refractivity contribution < 1.29 is 9.13 Å². The van der Waals surface area contributed by atoms with Gasteiger partial charge in [-0.25, -0.2) is 4.39 Å². The molecule has 0 spiro atoms. The normalized spacial score (nSPS) is 21.7. The Balaban J connectivity index is 1.68. The molecule has 1 saturated heterocycles. The standard InChI is InChI=1S/C14H18FNO/c15-14-9-11(1-4-13(14)12-2-3-12)10-16-5-7-17-8-6-16/h1,4,9,12H,2-3,5-8,10H2. The minimum absolute atomic E-state index is 0.0155. The SMILES string of the molecule is Fc1cc(CN2CCOCC2)ccc1C1CC1. The Morgan fingerprint density at radius 3 is 2.65 bits per heavy atom. The summed E-state index contributed by atoms with van der Waals surface area (Å²) in [5.41, 5.74) is 1.99. The summed E-state index contributed by atoms with van der Waals surface area (Å²) in [6.45, 7) is 4.33. The number of nitrogens with zero attached hydrogens (tertiary/aromatic N) is 1. The lowest BCUT2D eigenvalue weighted by atomic mass is 10.1. The van der Waals surface area contributed by atoms with Gasteiger partial charge in [0.15, 0.2) is 0 Å². The molecule has 2 nitrogen and oxygen atoms in total. The van der Waals surface area contributed by atoms with Crippen LogP contribution in [0.15, 0.2) is 18.2 Å². The maximum Gasteiger partial charge on any atom is 0.127 e. The Morgan fingerprint density at radius 2 is 2.00 bits per heavy atom. The van der Waals surface area contributed by atoms with Gasteiger partial charge in [0.2, 0.25) is 0 Å². The van der Waals surface area contributed by atoms with Crippen molar-refractivity contribution in [1.82, 2.24) is 4.90 Å². The molecule has 17 heavy (non-hydrogen) atoms. The predicted molar refractivity (Wildman–Crippen MR) is 64.5 cm³/mol. The van der Waals surface area contributed by atoms with Crippen molar-refractivity contribution in [2.24, 2.45) is 0 Å². The minimum atomic E-state index is -0.0155. The van der Waals surface area contributed by atoms with Crippen molar-refractivity contribution in [3.63, 3.8) is 0 Å². The van der Waals surface area contributed by atoms with Crippen molar-refractivity contribution in [2.75, 3.05) is 26.3 Å². The number of morpholine rings is 1. The highest BCUT2D eigenvalue weighted by molar-refractivity contribution is 5.29. The van der Waals surface area contributed by atoms with Gasteiger partial charge < -0.3 is 4.74 Å². The fourth-order valence-electron chi connectivity index (χ4n) is 2.41. The summed E-state index contributed by atoms with van der Waals surface area (Å²) in [6, 6.07) is 5.76. The number of ether oxygens (including phenoxy) is 1. The molecule has 1 aromatic carbocycles. The zero-order valence-electron chi connectivity index (χ0n) is 9.99. The van der Waals surface area contributed by atoms with Crippen molar-refractivity contribution >= 4 is 0 Å². The highest BCUT2D eigenvalue weighted by Crippen LogP contribution is 2.41. The Labute approximate surface area is 101 Å². The Morgan fingerprint density at radius 1 is 1.24 bits per heavy atom. The second kappa shape index (κ2) is 4.75. The first-order valence-corrected chi connectivity index (χ1v) is 6.41. The lowest BCUT2D eigenvalue weighted by Crippen LogP contribution is -2.35. The summed E-state index contributed by atoms with van der Waals surface area (Å²) < 4.78 is 19.2. The zero-order valence-corrected chi connectivity index (χ0v) is 9.99. The molecule has 0 bridgehead atoms. The molecule has 1 aliphatic heterocycles. The largest absolute Gasteiger partial charge is 0.379 e. The van der Waals surface area contributed by atoms with Crippen LogP contribution in [0, 0.1) is 5.82 Å². The van der Waals surface area contributed by atoms with E-state index >= 15 is 0 Å². The lowest BCUT2D eigenvalue weighted by molar-refractivity contribution is 0.0341. The number of benzene rings is 1. The van der Waals surface area contributed by atoms with Gasteiger partial charge in [0.25, 0.3) is 0 Å². The highest BCUT2D eigenvalue weighted by atomic mass is 19.1. The maximum atomic E-state index is 13.9. The average Bonchev–Trinajstić information content (AvgIpc) is 3.15. The fourth-order valence-corrected chi connectivity index (χ4v) is 2.41. The molecule has 0 N–H and O–H groups in total. The van der Waals surface area contributed by atoms with Crippen LogP contribution in [0.25, 0.3) is 0 Å². The van der Waals surface area contributed by atoms with E-state index in [4.69, 9.17) is 4.74 Å². The molecule has 2 aliphatic rings. The molecule has 1 aromatic rings.